The highest BCUT2D eigenvalue weighted by Crippen LogP contribution is 2.32. The van der Waals surface area contributed by atoms with Crippen LogP contribution in [0.4, 0.5) is 18.9 Å². The van der Waals surface area contributed by atoms with Crippen molar-refractivity contribution in [1.82, 2.24) is 4.90 Å². The maximum Gasteiger partial charge on any atom is 0.490 e. The van der Waals surface area contributed by atoms with E-state index in [4.69, 9.17) is 28.5 Å². The number of nitrogens with one attached hydrogen (secondary N) is 1. The van der Waals surface area contributed by atoms with Gasteiger partial charge in [0.1, 0.15) is 24.5 Å². The van der Waals surface area contributed by atoms with Crippen LogP contribution in [0.1, 0.15) is 18.4 Å². The van der Waals surface area contributed by atoms with Gasteiger partial charge >= 0.3 is 17.8 Å². The normalized spacial score (nSPS) is 15.9. The van der Waals surface area contributed by atoms with Gasteiger partial charge in [0.05, 0.1) is 12.8 Å². The molecule has 2 aromatic carbocycles. The summed E-state index contributed by atoms with van der Waals surface area (Å²) in [6.45, 7) is 4.06. The monoisotopic (exact) mass is 536 g/mol. The molecule has 1 fully saturated rings. The molecule has 0 unspecified atom stereocenters. The molecule has 2 aliphatic rings. The Hall–Kier alpha value is -3.93. The van der Waals surface area contributed by atoms with Crippen molar-refractivity contribution in [2.75, 3.05) is 38.7 Å². The number of aliphatic carboxylic acids is 1. The fourth-order valence-electron chi connectivity index (χ4n) is 4.29. The molecule has 5 rings (SSSR count). The second-order valence-corrected chi connectivity index (χ2v) is 8.82. The number of ether oxygens (including phenoxy) is 3. The zero-order valence-electron chi connectivity index (χ0n) is 20.5. The maximum atomic E-state index is 12.0. The molecule has 12 heteroatoms. The molecule has 2 aliphatic heterocycles. The van der Waals surface area contributed by atoms with Gasteiger partial charge in [-0.2, -0.15) is 13.2 Å². The molecule has 204 valence electrons. The number of methoxy groups -OCH3 is 1. The van der Waals surface area contributed by atoms with Crippen LogP contribution in [0, 0.1) is 0 Å². The van der Waals surface area contributed by atoms with Crippen LogP contribution in [0.3, 0.4) is 0 Å². The van der Waals surface area contributed by atoms with E-state index in [1.807, 2.05) is 12.1 Å². The summed E-state index contributed by atoms with van der Waals surface area (Å²) in [4.78, 5) is 23.3. The first-order chi connectivity index (χ1) is 18.1. The largest absolute Gasteiger partial charge is 0.497 e. The molecule has 0 saturated carbocycles. The van der Waals surface area contributed by atoms with Crippen LogP contribution in [0.25, 0.3) is 11.0 Å². The van der Waals surface area contributed by atoms with E-state index in [1.165, 1.54) is 11.6 Å². The number of piperidine rings is 1. The zero-order valence-corrected chi connectivity index (χ0v) is 20.5. The van der Waals surface area contributed by atoms with Gasteiger partial charge in [-0.05, 0) is 48.7 Å². The summed E-state index contributed by atoms with van der Waals surface area (Å²) in [6, 6.07) is 13.5. The van der Waals surface area contributed by atoms with E-state index >= 15 is 0 Å². The SMILES string of the molecule is COc1ccc2oc(=O)cc(NC3CCN(Cc4ccc5c(c4)OCCO5)CC3)c2c1.O=C(O)C(F)(F)F. The Balaban J connectivity index is 0.000000426. The van der Waals surface area contributed by atoms with E-state index < -0.39 is 12.1 Å². The first kappa shape index (κ1) is 27.1. The van der Waals surface area contributed by atoms with Crippen LogP contribution < -0.4 is 25.2 Å². The highest BCUT2D eigenvalue weighted by molar-refractivity contribution is 5.90. The molecule has 9 nitrogen and oxygen atoms in total. The standard InChI is InChI=1S/C24H26N2O5.C2HF3O2/c1-28-18-3-5-21-19(13-18)20(14-24(27)31-21)25-17-6-8-26(9-7-17)15-16-2-4-22-23(12-16)30-11-10-29-22;3-2(4,5)1(6)7/h2-5,12-14,17,25H,6-11,15H2,1H3;(H,6,7). The van der Waals surface area contributed by atoms with Gasteiger partial charge in [0, 0.05) is 37.1 Å². The fourth-order valence-corrected chi connectivity index (χ4v) is 4.29. The van der Waals surface area contributed by atoms with Gasteiger partial charge in [-0.1, -0.05) is 6.07 Å². The minimum Gasteiger partial charge on any atom is -0.497 e. The average Bonchev–Trinajstić information content (AvgIpc) is 2.89. The fraction of sp³-hybridized carbons (Fsp3) is 0.385. The highest BCUT2D eigenvalue weighted by atomic mass is 19.4. The quantitative estimate of drug-likeness (QED) is 0.462. The van der Waals surface area contributed by atoms with E-state index in [9.17, 15) is 18.0 Å². The number of carboxylic acid groups (broad SMARTS) is 1. The minimum absolute atomic E-state index is 0.299. The third-order valence-electron chi connectivity index (χ3n) is 6.15. The zero-order chi connectivity index (χ0) is 27.3. The summed E-state index contributed by atoms with van der Waals surface area (Å²) in [5, 5.41) is 11.5. The number of carboxylic acids is 1. The van der Waals surface area contributed by atoms with E-state index in [0.717, 1.165) is 60.8 Å². The summed E-state index contributed by atoms with van der Waals surface area (Å²) in [6.07, 6.45) is -3.09. The van der Waals surface area contributed by atoms with Gasteiger partial charge in [-0.25, -0.2) is 9.59 Å². The number of hydrogen-bond donors (Lipinski definition) is 2. The van der Waals surface area contributed by atoms with E-state index in [0.29, 0.717) is 24.8 Å². The van der Waals surface area contributed by atoms with Gasteiger partial charge in [-0.15, -0.1) is 0 Å². The van der Waals surface area contributed by atoms with E-state index in [1.54, 1.807) is 19.2 Å². The molecule has 0 atom stereocenters. The van der Waals surface area contributed by atoms with Gasteiger partial charge in [0.2, 0.25) is 0 Å². The lowest BCUT2D eigenvalue weighted by Gasteiger charge is -2.33. The van der Waals surface area contributed by atoms with Crippen molar-refractivity contribution in [2.45, 2.75) is 31.6 Å². The van der Waals surface area contributed by atoms with Crippen molar-refractivity contribution in [3.05, 3.63) is 58.4 Å². The number of carbonyl (C=O) groups is 1. The molecule has 0 spiro atoms. The molecule has 0 radical (unpaired) electrons. The number of benzene rings is 2. The van der Waals surface area contributed by atoms with Crippen LogP contribution in [0.15, 0.2) is 51.7 Å². The average molecular weight is 537 g/mol. The van der Waals surface area contributed by atoms with Crippen molar-refractivity contribution in [1.29, 1.82) is 0 Å². The second-order valence-electron chi connectivity index (χ2n) is 8.82. The first-order valence-corrected chi connectivity index (χ1v) is 11.9. The lowest BCUT2D eigenvalue weighted by molar-refractivity contribution is -0.192. The molecular formula is C26H27F3N2O7. The summed E-state index contributed by atoms with van der Waals surface area (Å²) in [5.74, 6) is -0.356. The van der Waals surface area contributed by atoms with Crippen LogP contribution in [0.5, 0.6) is 17.2 Å². The third kappa shape index (κ3) is 6.88. The van der Waals surface area contributed by atoms with Crippen molar-refractivity contribution in [3.63, 3.8) is 0 Å². The van der Waals surface area contributed by atoms with Crippen LogP contribution in [-0.2, 0) is 11.3 Å². The Morgan fingerprint density at radius 3 is 2.42 bits per heavy atom. The Morgan fingerprint density at radius 1 is 1.08 bits per heavy atom. The summed E-state index contributed by atoms with van der Waals surface area (Å²) >= 11 is 0. The number of anilines is 1. The first-order valence-electron chi connectivity index (χ1n) is 11.9. The molecule has 38 heavy (non-hydrogen) atoms. The number of halogens is 3. The third-order valence-corrected chi connectivity index (χ3v) is 6.15. The molecule has 3 heterocycles. The van der Waals surface area contributed by atoms with Crippen molar-refractivity contribution < 1.29 is 41.7 Å². The van der Waals surface area contributed by atoms with E-state index in [2.05, 4.69) is 22.3 Å². The molecule has 3 aromatic rings. The topological polar surface area (TPSA) is 110 Å². The molecule has 0 aliphatic carbocycles. The van der Waals surface area contributed by atoms with Gasteiger partial charge < -0.3 is 29.1 Å². The lowest BCUT2D eigenvalue weighted by Crippen LogP contribution is -2.38. The molecular weight excluding hydrogens is 509 g/mol. The molecule has 0 amide bonds. The van der Waals surface area contributed by atoms with Crippen LogP contribution in [-0.4, -0.2) is 61.6 Å². The number of fused-ring (bicyclic) bond motifs is 2. The molecule has 1 aromatic heterocycles. The number of hydrogen-bond acceptors (Lipinski definition) is 8. The Bertz CT molecular complexity index is 1330. The Morgan fingerprint density at radius 2 is 1.76 bits per heavy atom. The van der Waals surface area contributed by atoms with Crippen molar-refractivity contribution in [2.24, 2.45) is 0 Å². The van der Waals surface area contributed by atoms with Crippen molar-refractivity contribution in [3.8, 4) is 17.2 Å². The summed E-state index contributed by atoms with van der Waals surface area (Å²) in [5.41, 5.74) is 2.24. The molecule has 0 bridgehead atoms. The lowest BCUT2D eigenvalue weighted by atomic mass is 10.0. The molecule has 1 saturated heterocycles. The highest BCUT2D eigenvalue weighted by Gasteiger charge is 2.38. The van der Waals surface area contributed by atoms with Crippen LogP contribution >= 0.6 is 0 Å². The number of alkyl halides is 3. The van der Waals surface area contributed by atoms with E-state index in [-0.39, 0.29) is 5.63 Å². The Kier molecular flexibility index (Phi) is 8.30. The predicted octanol–water partition coefficient (Wildman–Crippen LogP) is 4.28. The van der Waals surface area contributed by atoms with Crippen molar-refractivity contribution >= 4 is 22.6 Å². The summed E-state index contributed by atoms with van der Waals surface area (Å²) in [7, 11) is 1.63. The number of likely N-dealkylation sites (tertiary alicyclic amines) is 1. The predicted molar refractivity (Wildman–Crippen MR) is 132 cm³/mol. The van der Waals surface area contributed by atoms with Gasteiger partial charge in [0.15, 0.2) is 11.5 Å². The maximum absolute atomic E-state index is 12.0. The van der Waals surface area contributed by atoms with Gasteiger partial charge in [-0.3, -0.25) is 4.90 Å². The second kappa shape index (κ2) is 11.6. The number of rotatable bonds is 5. The number of nitrogens with zero attached hydrogens (tertiary/aromatic N) is 1. The Labute approximate surface area is 215 Å². The van der Waals surface area contributed by atoms with Gasteiger partial charge in [0.25, 0.3) is 0 Å². The summed E-state index contributed by atoms with van der Waals surface area (Å²) < 4.78 is 53.7. The molecule has 2 N–H and O–H groups in total. The minimum atomic E-state index is -5.08. The smallest absolute Gasteiger partial charge is 0.490 e. The van der Waals surface area contributed by atoms with Crippen LogP contribution in [0.2, 0.25) is 0 Å².